The maximum Gasteiger partial charge on any atom is 0.342 e. The summed E-state index contributed by atoms with van der Waals surface area (Å²) in [7, 11) is 2.74. The van der Waals surface area contributed by atoms with Crippen molar-refractivity contribution < 1.29 is 18.7 Å². The first-order valence-corrected chi connectivity index (χ1v) is 8.84. The van der Waals surface area contributed by atoms with Crippen molar-refractivity contribution in [1.82, 2.24) is 4.98 Å². The Labute approximate surface area is 161 Å². The van der Waals surface area contributed by atoms with E-state index in [0.29, 0.717) is 33.5 Å². The molecule has 142 valence electrons. The topological polar surface area (TPSA) is 78.3 Å². The lowest BCUT2D eigenvalue weighted by atomic mass is 10.1. The summed E-state index contributed by atoms with van der Waals surface area (Å²) < 4.78 is 24.4. The fourth-order valence-electron chi connectivity index (χ4n) is 3.40. The first-order valence-electron chi connectivity index (χ1n) is 8.84. The molecule has 1 N–H and O–H groups in total. The monoisotopic (exact) mass is 379 g/mol. The molecule has 0 bridgehead atoms. The van der Waals surface area contributed by atoms with Crippen LogP contribution in [0, 0.1) is 17.1 Å². The molecule has 4 rings (SSSR count). The number of fused-ring (bicyclic) bond motifs is 1. The van der Waals surface area contributed by atoms with Crippen LogP contribution in [0.4, 0.5) is 15.9 Å². The van der Waals surface area contributed by atoms with E-state index in [0.717, 1.165) is 12.8 Å². The maximum atomic E-state index is 14.3. The molecule has 0 atom stereocenters. The number of methoxy groups -OCH3 is 2. The Balaban J connectivity index is 1.93. The number of nitriles is 1. The van der Waals surface area contributed by atoms with Crippen molar-refractivity contribution in [3.63, 3.8) is 0 Å². The van der Waals surface area contributed by atoms with Crippen LogP contribution in [0.2, 0.25) is 0 Å². The van der Waals surface area contributed by atoms with Gasteiger partial charge >= 0.3 is 5.97 Å². The minimum absolute atomic E-state index is 0.139. The highest BCUT2D eigenvalue weighted by molar-refractivity contribution is 6.10. The lowest BCUT2D eigenvalue weighted by molar-refractivity contribution is 0.0604. The summed E-state index contributed by atoms with van der Waals surface area (Å²) in [6.45, 7) is 0. The Morgan fingerprint density at radius 2 is 2.04 bits per heavy atom. The third kappa shape index (κ3) is 2.93. The number of esters is 1. The first kappa shape index (κ1) is 17.9. The van der Waals surface area contributed by atoms with Crippen LogP contribution in [0.15, 0.2) is 36.4 Å². The molecule has 0 unspecified atom stereocenters. The van der Waals surface area contributed by atoms with E-state index in [1.165, 1.54) is 20.3 Å². The van der Waals surface area contributed by atoms with Crippen molar-refractivity contribution in [2.24, 2.45) is 0 Å². The zero-order valence-corrected chi connectivity index (χ0v) is 15.5. The molecule has 1 fully saturated rings. The van der Waals surface area contributed by atoms with Gasteiger partial charge in [0.25, 0.3) is 0 Å². The van der Waals surface area contributed by atoms with Crippen molar-refractivity contribution >= 4 is 28.4 Å². The highest BCUT2D eigenvalue weighted by atomic mass is 19.1. The number of anilines is 2. The molecule has 0 aliphatic heterocycles. The molecular formula is C21H18FN3O3. The standard InChI is InChI=1S/C21H18FN3O3/c1-27-18-8-6-14(10-16(18)22)25(13-4-5-13)20-19(21(26)28-2)15-7-3-12(11-23)9-17(15)24-20/h3,6-10,13,24H,4-5H2,1-2H3. The number of rotatable bonds is 5. The van der Waals surface area contributed by atoms with Gasteiger partial charge in [0.05, 0.1) is 25.9 Å². The number of hydrogen-bond donors (Lipinski definition) is 1. The summed E-state index contributed by atoms with van der Waals surface area (Å²) >= 11 is 0. The minimum atomic E-state index is -0.495. The average Bonchev–Trinajstić information content (AvgIpc) is 3.47. The number of aromatic amines is 1. The highest BCUT2D eigenvalue weighted by Gasteiger charge is 2.35. The Kier molecular flexibility index (Phi) is 4.40. The quantitative estimate of drug-likeness (QED) is 0.670. The first-order chi connectivity index (χ1) is 13.6. The number of nitrogens with zero attached hydrogens (tertiary/aromatic N) is 2. The largest absolute Gasteiger partial charge is 0.494 e. The molecule has 0 spiro atoms. The highest BCUT2D eigenvalue weighted by Crippen LogP contribution is 2.42. The number of aromatic nitrogens is 1. The van der Waals surface area contributed by atoms with Crippen LogP contribution in [0.25, 0.3) is 10.9 Å². The average molecular weight is 379 g/mol. The van der Waals surface area contributed by atoms with Gasteiger partial charge < -0.3 is 19.4 Å². The summed E-state index contributed by atoms with van der Waals surface area (Å²) in [6.07, 6.45) is 1.85. The fraction of sp³-hybridized carbons (Fsp3) is 0.238. The van der Waals surface area contributed by atoms with Crippen molar-refractivity contribution in [2.45, 2.75) is 18.9 Å². The van der Waals surface area contributed by atoms with Gasteiger partial charge in [0.2, 0.25) is 0 Å². The molecule has 0 radical (unpaired) electrons. The van der Waals surface area contributed by atoms with Gasteiger partial charge in [-0.2, -0.15) is 5.26 Å². The summed E-state index contributed by atoms with van der Waals surface area (Å²) in [4.78, 5) is 17.7. The van der Waals surface area contributed by atoms with E-state index < -0.39 is 11.8 Å². The maximum absolute atomic E-state index is 14.3. The van der Waals surface area contributed by atoms with Gasteiger partial charge in [-0.25, -0.2) is 9.18 Å². The zero-order valence-electron chi connectivity index (χ0n) is 15.5. The summed E-state index contributed by atoms with van der Waals surface area (Å²) in [5, 5.41) is 9.83. The van der Waals surface area contributed by atoms with E-state index in [9.17, 15) is 14.4 Å². The van der Waals surface area contributed by atoms with Crippen LogP contribution in [0.3, 0.4) is 0 Å². The Morgan fingerprint density at radius 3 is 2.64 bits per heavy atom. The molecule has 0 saturated heterocycles. The van der Waals surface area contributed by atoms with Crippen LogP contribution in [0.1, 0.15) is 28.8 Å². The Morgan fingerprint density at radius 1 is 1.25 bits per heavy atom. The van der Waals surface area contributed by atoms with Gasteiger partial charge in [-0.3, -0.25) is 0 Å². The van der Waals surface area contributed by atoms with Crippen molar-refractivity contribution in [2.75, 3.05) is 19.1 Å². The number of carbonyl (C=O) groups is 1. The minimum Gasteiger partial charge on any atom is -0.494 e. The normalized spacial score (nSPS) is 13.2. The molecule has 1 aliphatic rings. The van der Waals surface area contributed by atoms with E-state index in [2.05, 4.69) is 11.1 Å². The number of halogens is 1. The van der Waals surface area contributed by atoms with Crippen LogP contribution < -0.4 is 9.64 Å². The number of ether oxygens (including phenoxy) is 2. The molecule has 1 aliphatic carbocycles. The van der Waals surface area contributed by atoms with E-state index in [1.54, 1.807) is 30.3 Å². The summed E-state index contributed by atoms with van der Waals surface area (Å²) in [5.74, 6) is -0.286. The second kappa shape index (κ2) is 6.89. The molecule has 28 heavy (non-hydrogen) atoms. The smallest absolute Gasteiger partial charge is 0.342 e. The number of hydrogen-bond acceptors (Lipinski definition) is 5. The second-order valence-corrected chi connectivity index (χ2v) is 6.63. The molecular weight excluding hydrogens is 361 g/mol. The SMILES string of the molecule is COC(=O)c1c(N(c2ccc(OC)c(F)c2)C2CC2)[nH]c2cc(C#N)ccc12. The van der Waals surface area contributed by atoms with Crippen molar-refractivity contribution in [3.05, 3.63) is 53.3 Å². The van der Waals surface area contributed by atoms with Gasteiger partial charge in [0.15, 0.2) is 11.6 Å². The third-order valence-corrected chi connectivity index (χ3v) is 4.86. The number of nitrogens with one attached hydrogen (secondary N) is 1. The second-order valence-electron chi connectivity index (χ2n) is 6.63. The van der Waals surface area contributed by atoms with Gasteiger partial charge in [-0.1, -0.05) is 6.07 Å². The fourth-order valence-corrected chi connectivity index (χ4v) is 3.40. The predicted molar refractivity (Wildman–Crippen MR) is 102 cm³/mol. The zero-order chi connectivity index (χ0) is 19.8. The molecule has 1 aromatic heterocycles. The molecule has 1 heterocycles. The van der Waals surface area contributed by atoms with Gasteiger partial charge in [0, 0.05) is 28.7 Å². The van der Waals surface area contributed by atoms with Crippen LogP contribution in [-0.4, -0.2) is 31.2 Å². The van der Waals surface area contributed by atoms with Crippen molar-refractivity contribution in [1.29, 1.82) is 5.26 Å². The van der Waals surface area contributed by atoms with Crippen LogP contribution in [0.5, 0.6) is 5.75 Å². The van der Waals surface area contributed by atoms with Gasteiger partial charge in [0.1, 0.15) is 11.4 Å². The molecule has 0 amide bonds. The molecule has 1 saturated carbocycles. The molecule has 7 heteroatoms. The summed E-state index contributed by atoms with van der Waals surface area (Å²) in [5.41, 5.74) is 2.10. The number of carbonyl (C=O) groups excluding carboxylic acids is 1. The number of benzene rings is 2. The summed E-state index contributed by atoms with van der Waals surface area (Å²) in [6, 6.07) is 12.0. The molecule has 6 nitrogen and oxygen atoms in total. The van der Waals surface area contributed by atoms with Crippen LogP contribution >= 0.6 is 0 Å². The number of H-pyrrole nitrogens is 1. The van der Waals surface area contributed by atoms with Gasteiger partial charge in [-0.15, -0.1) is 0 Å². The lowest BCUT2D eigenvalue weighted by Crippen LogP contribution is -2.22. The Bertz CT molecular complexity index is 1110. The lowest BCUT2D eigenvalue weighted by Gasteiger charge is -2.25. The van der Waals surface area contributed by atoms with Crippen LogP contribution in [-0.2, 0) is 4.74 Å². The third-order valence-electron chi connectivity index (χ3n) is 4.86. The molecule has 3 aromatic rings. The molecule has 2 aromatic carbocycles. The van der Waals surface area contributed by atoms with E-state index in [1.807, 2.05) is 4.90 Å². The van der Waals surface area contributed by atoms with E-state index >= 15 is 0 Å². The van der Waals surface area contributed by atoms with Gasteiger partial charge in [-0.05, 0) is 37.1 Å². The van der Waals surface area contributed by atoms with E-state index in [4.69, 9.17) is 9.47 Å². The van der Waals surface area contributed by atoms with Crippen molar-refractivity contribution in [3.8, 4) is 11.8 Å². The predicted octanol–water partition coefficient (Wildman–Crippen LogP) is 4.27. The Hall–Kier alpha value is -3.53. The van der Waals surface area contributed by atoms with E-state index in [-0.39, 0.29) is 11.8 Å².